The minimum absolute atomic E-state index is 0.432. The highest BCUT2D eigenvalue weighted by atomic mass is 15.2. The minimum atomic E-state index is 0.432. The summed E-state index contributed by atoms with van der Waals surface area (Å²) in [5, 5.41) is 3.51. The number of benzene rings is 1. The number of nitrogens with zero attached hydrogens (tertiary/aromatic N) is 1. The third kappa shape index (κ3) is 3.62. The molecule has 1 aromatic rings. The highest BCUT2D eigenvalue weighted by Crippen LogP contribution is 2.26. The van der Waals surface area contributed by atoms with E-state index >= 15 is 0 Å². The maximum atomic E-state index is 3.51. The number of likely N-dealkylation sites (tertiary alicyclic amines) is 1. The second kappa shape index (κ2) is 6.73. The molecule has 112 valence electrons. The molecule has 0 spiro atoms. The lowest BCUT2D eigenvalue weighted by Crippen LogP contribution is -2.45. The Kier molecular flexibility index (Phi) is 5.22. The van der Waals surface area contributed by atoms with E-state index in [0.29, 0.717) is 12.1 Å². The topological polar surface area (TPSA) is 15.3 Å². The third-order valence-electron chi connectivity index (χ3n) is 4.92. The zero-order valence-electron chi connectivity index (χ0n) is 13.7. The fraction of sp³-hybridized carbons (Fsp3) is 0.667. The molecule has 2 nitrogen and oxygen atoms in total. The molecule has 0 saturated carbocycles. The third-order valence-corrected chi connectivity index (χ3v) is 4.92. The van der Waals surface area contributed by atoms with Gasteiger partial charge in [0.05, 0.1) is 0 Å². The summed E-state index contributed by atoms with van der Waals surface area (Å²) in [6, 6.07) is 8.03. The van der Waals surface area contributed by atoms with Crippen molar-refractivity contribution in [1.29, 1.82) is 0 Å². The smallest absolute Gasteiger partial charge is 0.0447 e. The van der Waals surface area contributed by atoms with Crippen LogP contribution in [0.3, 0.4) is 0 Å². The van der Waals surface area contributed by atoms with Gasteiger partial charge in [0.2, 0.25) is 0 Å². The van der Waals surface area contributed by atoms with Gasteiger partial charge in [0.15, 0.2) is 0 Å². The molecular formula is C18H30N2. The Morgan fingerprint density at radius 2 is 1.85 bits per heavy atom. The Bertz CT molecular complexity index is 421. The van der Waals surface area contributed by atoms with Gasteiger partial charge < -0.3 is 5.32 Å². The molecule has 1 aliphatic heterocycles. The van der Waals surface area contributed by atoms with Crippen LogP contribution in [0.4, 0.5) is 0 Å². The first-order chi connectivity index (χ1) is 9.51. The van der Waals surface area contributed by atoms with Crippen LogP contribution in [0.5, 0.6) is 0 Å². The minimum Gasteiger partial charge on any atom is -0.312 e. The number of aryl methyl sites for hydroxylation is 2. The zero-order chi connectivity index (χ0) is 14.7. The molecule has 0 radical (unpaired) electrons. The van der Waals surface area contributed by atoms with E-state index in [9.17, 15) is 0 Å². The van der Waals surface area contributed by atoms with Crippen LogP contribution in [0.1, 0.15) is 49.4 Å². The first-order valence-corrected chi connectivity index (χ1v) is 8.00. The average molecular weight is 274 g/mol. The molecule has 20 heavy (non-hydrogen) atoms. The van der Waals surface area contributed by atoms with Crippen LogP contribution in [0.15, 0.2) is 18.2 Å². The van der Waals surface area contributed by atoms with E-state index in [0.717, 1.165) is 12.5 Å². The Morgan fingerprint density at radius 3 is 2.45 bits per heavy atom. The fourth-order valence-corrected chi connectivity index (χ4v) is 3.49. The summed E-state index contributed by atoms with van der Waals surface area (Å²) in [5.74, 6) is 0.820. The van der Waals surface area contributed by atoms with Crippen LogP contribution in [0.2, 0.25) is 0 Å². The van der Waals surface area contributed by atoms with Crippen LogP contribution in [-0.4, -0.2) is 31.1 Å². The molecule has 0 amide bonds. The SMILES string of the molecule is CNC(CN1CCCC(C)C1C)c1cc(C)cc(C)c1. The van der Waals surface area contributed by atoms with Crippen LogP contribution in [-0.2, 0) is 0 Å². The van der Waals surface area contributed by atoms with Crippen molar-refractivity contribution in [2.24, 2.45) is 5.92 Å². The molecule has 1 heterocycles. The average Bonchev–Trinajstić information content (AvgIpc) is 2.39. The van der Waals surface area contributed by atoms with Gasteiger partial charge in [0.25, 0.3) is 0 Å². The summed E-state index contributed by atoms with van der Waals surface area (Å²) in [6.07, 6.45) is 2.72. The van der Waals surface area contributed by atoms with Crippen molar-refractivity contribution in [1.82, 2.24) is 10.2 Å². The van der Waals surface area contributed by atoms with Gasteiger partial charge in [0, 0.05) is 18.6 Å². The molecule has 1 N–H and O–H groups in total. The highest BCUT2D eigenvalue weighted by Gasteiger charge is 2.26. The molecule has 0 bridgehead atoms. The van der Waals surface area contributed by atoms with Crippen molar-refractivity contribution in [3.05, 3.63) is 34.9 Å². The summed E-state index contributed by atoms with van der Waals surface area (Å²) in [7, 11) is 2.08. The zero-order valence-corrected chi connectivity index (χ0v) is 13.7. The van der Waals surface area contributed by atoms with Crippen molar-refractivity contribution in [3.8, 4) is 0 Å². The highest BCUT2D eigenvalue weighted by molar-refractivity contribution is 5.31. The molecule has 0 aliphatic carbocycles. The second-order valence-electron chi connectivity index (χ2n) is 6.62. The normalized spacial score (nSPS) is 25.6. The van der Waals surface area contributed by atoms with Gasteiger partial charge in [0.1, 0.15) is 0 Å². The van der Waals surface area contributed by atoms with E-state index in [1.54, 1.807) is 0 Å². The van der Waals surface area contributed by atoms with E-state index in [1.807, 2.05) is 0 Å². The molecule has 3 atom stereocenters. The van der Waals surface area contributed by atoms with Crippen molar-refractivity contribution in [2.45, 2.75) is 52.6 Å². The maximum absolute atomic E-state index is 3.51. The van der Waals surface area contributed by atoms with E-state index in [2.05, 4.69) is 63.2 Å². The van der Waals surface area contributed by atoms with Crippen molar-refractivity contribution >= 4 is 0 Å². The van der Waals surface area contributed by atoms with E-state index in [4.69, 9.17) is 0 Å². The van der Waals surface area contributed by atoms with Gasteiger partial charge in [-0.3, -0.25) is 4.90 Å². The number of hydrogen-bond donors (Lipinski definition) is 1. The molecule has 2 rings (SSSR count). The van der Waals surface area contributed by atoms with Crippen LogP contribution < -0.4 is 5.32 Å². The molecule has 1 fully saturated rings. The Hall–Kier alpha value is -0.860. The lowest BCUT2D eigenvalue weighted by molar-refractivity contribution is 0.103. The van der Waals surface area contributed by atoms with Gasteiger partial charge in [-0.05, 0) is 58.7 Å². The monoisotopic (exact) mass is 274 g/mol. The fourth-order valence-electron chi connectivity index (χ4n) is 3.49. The number of hydrogen-bond acceptors (Lipinski definition) is 2. The molecule has 1 aromatic carbocycles. The quantitative estimate of drug-likeness (QED) is 0.901. The number of rotatable bonds is 4. The Labute approximate surface area is 124 Å². The lowest BCUT2D eigenvalue weighted by atomic mass is 9.91. The number of likely N-dealkylation sites (N-methyl/N-ethyl adjacent to an activating group) is 1. The predicted octanol–water partition coefficient (Wildman–Crippen LogP) is 3.68. The van der Waals surface area contributed by atoms with E-state index in [1.165, 1.54) is 36.1 Å². The van der Waals surface area contributed by atoms with Gasteiger partial charge in [-0.2, -0.15) is 0 Å². The summed E-state index contributed by atoms with van der Waals surface area (Å²) >= 11 is 0. The number of nitrogens with one attached hydrogen (secondary N) is 1. The van der Waals surface area contributed by atoms with Gasteiger partial charge in [-0.1, -0.05) is 36.2 Å². The summed E-state index contributed by atoms with van der Waals surface area (Å²) < 4.78 is 0. The van der Waals surface area contributed by atoms with Crippen LogP contribution >= 0.6 is 0 Å². The largest absolute Gasteiger partial charge is 0.312 e. The molecule has 2 heteroatoms. The molecule has 1 aliphatic rings. The Balaban J connectivity index is 2.12. The van der Waals surface area contributed by atoms with E-state index in [-0.39, 0.29) is 0 Å². The molecule has 0 aromatic heterocycles. The predicted molar refractivity (Wildman–Crippen MR) is 87.1 cm³/mol. The van der Waals surface area contributed by atoms with E-state index < -0.39 is 0 Å². The molecular weight excluding hydrogens is 244 g/mol. The second-order valence-corrected chi connectivity index (χ2v) is 6.62. The summed E-state index contributed by atoms with van der Waals surface area (Å²) in [5.41, 5.74) is 4.15. The first-order valence-electron chi connectivity index (χ1n) is 8.00. The van der Waals surface area contributed by atoms with Crippen molar-refractivity contribution in [3.63, 3.8) is 0 Å². The Morgan fingerprint density at radius 1 is 1.20 bits per heavy atom. The van der Waals surface area contributed by atoms with Crippen LogP contribution in [0, 0.1) is 19.8 Å². The summed E-state index contributed by atoms with van der Waals surface area (Å²) in [6.45, 7) is 11.5. The standard InChI is InChI=1S/C18H30N2/c1-13-9-14(2)11-17(10-13)18(19-5)12-20-8-6-7-15(3)16(20)4/h9-11,15-16,18-19H,6-8,12H2,1-5H3. The van der Waals surface area contributed by atoms with Crippen LogP contribution in [0.25, 0.3) is 0 Å². The molecule has 3 unspecified atom stereocenters. The maximum Gasteiger partial charge on any atom is 0.0447 e. The van der Waals surface area contributed by atoms with Gasteiger partial charge in [-0.25, -0.2) is 0 Å². The van der Waals surface area contributed by atoms with Gasteiger partial charge in [-0.15, -0.1) is 0 Å². The first kappa shape index (κ1) is 15.5. The number of piperidine rings is 1. The summed E-state index contributed by atoms with van der Waals surface area (Å²) in [4.78, 5) is 2.66. The molecule has 1 saturated heterocycles. The van der Waals surface area contributed by atoms with Gasteiger partial charge >= 0.3 is 0 Å². The van der Waals surface area contributed by atoms with Crippen molar-refractivity contribution < 1.29 is 0 Å². The lowest BCUT2D eigenvalue weighted by Gasteiger charge is -2.40. The van der Waals surface area contributed by atoms with Crippen molar-refractivity contribution in [2.75, 3.05) is 20.1 Å².